The van der Waals surface area contributed by atoms with Crippen molar-refractivity contribution in [3.8, 4) is 5.75 Å². The second-order valence-corrected chi connectivity index (χ2v) is 8.00. The normalized spacial score (nSPS) is 12.6. The number of nitrogens with zero attached hydrogens (tertiary/aromatic N) is 2. The van der Waals surface area contributed by atoms with E-state index in [1.54, 1.807) is 0 Å². The van der Waals surface area contributed by atoms with Gasteiger partial charge in [-0.15, -0.1) is 0 Å². The maximum atomic E-state index is 12.8. The zero-order valence-electron chi connectivity index (χ0n) is 18.3. The van der Waals surface area contributed by atoms with E-state index in [2.05, 4.69) is 41.4 Å². The maximum Gasteiger partial charge on any atom is 0.255 e. The molecule has 1 aliphatic heterocycles. The largest absolute Gasteiger partial charge is 0.492 e. The first-order chi connectivity index (χ1) is 15.6. The topological polar surface area (TPSA) is 54.5 Å². The van der Waals surface area contributed by atoms with Crippen molar-refractivity contribution in [1.82, 2.24) is 4.98 Å². The first-order valence-electron chi connectivity index (χ1n) is 10.9. The summed E-state index contributed by atoms with van der Waals surface area (Å²) in [5.41, 5.74) is 5.78. The highest BCUT2D eigenvalue weighted by Gasteiger charge is 2.23. The summed E-state index contributed by atoms with van der Waals surface area (Å²) in [6.07, 6.45) is 0.961. The summed E-state index contributed by atoms with van der Waals surface area (Å²) in [5.74, 6) is 1.51. The second kappa shape index (κ2) is 8.35. The highest BCUT2D eigenvalue weighted by molar-refractivity contribution is 6.05. The van der Waals surface area contributed by atoms with Gasteiger partial charge < -0.3 is 15.0 Å². The van der Waals surface area contributed by atoms with Gasteiger partial charge in [-0.25, -0.2) is 4.98 Å². The lowest BCUT2D eigenvalue weighted by molar-refractivity contribution is 0.102. The molecule has 0 saturated heterocycles. The Balaban J connectivity index is 1.38. The number of anilines is 3. The minimum Gasteiger partial charge on any atom is -0.492 e. The van der Waals surface area contributed by atoms with Gasteiger partial charge in [0, 0.05) is 23.2 Å². The summed E-state index contributed by atoms with van der Waals surface area (Å²) in [6, 6.07) is 23.8. The zero-order chi connectivity index (χ0) is 22.1. The summed E-state index contributed by atoms with van der Waals surface area (Å²) >= 11 is 0. The third kappa shape index (κ3) is 3.78. The minimum atomic E-state index is -0.162. The van der Waals surface area contributed by atoms with Crippen molar-refractivity contribution in [3.63, 3.8) is 0 Å². The summed E-state index contributed by atoms with van der Waals surface area (Å²) in [4.78, 5) is 20.0. The number of carbonyl (C=O) groups is 1. The molecule has 5 rings (SSSR count). The number of pyridine rings is 1. The Bertz CT molecular complexity index is 1300. The molecule has 4 aromatic rings. The Kier molecular flexibility index (Phi) is 5.23. The third-order valence-corrected chi connectivity index (χ3v) is 5.77. The van der Waals surface area contributed by atoms with Crippen molar-refractivity contribution >= 4 is 34.0 Å². The molecule has 0 atom stereocenters. The average molecular weight is 424 g/mol. The van der Waals surface area contributed by atoms with Crippen LogP contribution in [-0.4, -0.2) is 24.0 Å². The molecule has 0 spiro atoms. The molecule has 5 heteroatoms. The molecule has 1 amide bonds. The van der Waals surface area contributed by atoms with Crippen LogP contribution in [0, 0.1) is 6.92 Å². The third-order valence-electron chi connectivity index (χ3n) is 5.77. The van der Waals surface area contributed by atoms with Crippen LogP contribution in [0.4, 0.5) is 17.2 Å². The Labute approximate surface area is 187 Å². The van der Waals surface area contributed by atoms with Crippen LogP contribution >= 0.6 is 0 Å². The number of carbonyl (C=O) groups excluding carboxylic acids is 1. The highest BCUT2D eigenvalue weighted by atomic mass is 16.5. The summed E-state index contributed by atoms with van der Waals surface area (Å²) < 4.78 is 5.60. The Hall–Kier alpha value is -3.86. The van der Waals surface area contributed by atoms with Gasteiger partial charge in [0.05, 0.1) is 17.8 Å². The van der Waals surface area contributed by atoms with E-state index in [-0.39, 0.29) is 5.91 Å². The molecule has 5 nitrogen and oxygen atoms in total. The van der Waals surface area contributed by atoms with Gasteiger partial charge in [-0.3, -0.25) is 4.79 Å². The van der Waals surface area contributed by atoms with Crippen molar-refractivity contribution in [1.29, 1.82) is 0 Å². The van der Waals surface area contributed by atoms with Gasteiger partial charge in [0.2, 0.25) is 0 Å². The SMILES string of the molecule is CCOc1ccccc1NC(=O)c1ccc(N2CCc3cc4ccc(C)cc4nc32)cc1. The Morgan fingerprint density at radius 3 is 2.69 bits per heavy atom. The van der Waals surface area contributed by atoms with Gasteiger partial charge in [-0.05, 0) is 79.9 Å². The van der Waals surface area contributed by atoms with E-state index in [1.807, 2.05) is 55.5 Å². The van der Waals surface area contributed by atoms with Crippen LogP contribution in [0.25, 0.3) is 10.9 Å². The second-order valence-electron chi connectivity index (χ2n) is 8.00. The van der Waals surface area contributed by atoms with Gasteiger partial charge in [0.1, 0.15) is 11.6 Å². The molecule has 1 aromatic heterocycles. The number of benzene rings is 3. The number of nitrogens with one attached hydrogen (secondary N) is 1. The molecule has 2 heterocycles. The van der Waals surface area contributed by atoms with E-state index in [1.165, 1.54) is 16.5 Å². The summed E-state index contributed by atoms with van der Waals surface area (Å²) in [6.45, 7) is 5.43. The molecule has 0 radical (unpaired) electrons. The molecule has 160 valence electrons. The number of para-hydroxylation sites is 2. The number of ether oxygens (including phenoxy) is 1. The van der Waals surface area contributed by atoms with E-state index in [0.717, 1.165) is 30.0 Å². The molecular weight excluding hydrogens is 398 g/mol. The predicted octanol–water partition coefficient (Wildman–Crippen LogP) is 5.89. The first-order valence-corrected chi connectivity index (χ1v) is 10.9. The molecule has 0 aliphatic carbocycles. The van der Waals surface area contributed by atoms with Crippen LogP contribution < -0.4 is 15.0 Å². The number of hydrogen-bond donors (Lipinski definition) is 1. The summed E-state index contributed by atoms with van der Waals surface area (Å²) in [5, 5.41) is 4.13. The molecule has 1 aliphatic rings. The van der Waals surface area contributed by atoms with Crippen molar-refractivity contribution in [3.05, 3.63) is 89.5 Å². The van der Waals surface area contributed by atoms with Gasteiger partial charge >= 0.3 is 0 Å². The van der Waals surface area contributed by atoms with Crippen LogP contribution in [0.3, 0.4) is 0 Å². The fourth-order valence-electron chi connectivity index (χ4n) is 4.16. The lowest BCUT2D eigenvalue weighted by Crippen LogP contribution is -2.16. The van der Waals surface area contributed by atoms with Crippen LogP contribution in [0.5, 0.6) is 5.75 Å². The van der Waals surface area contributed by atoms with Gasteiger partial charge in [0.15, 0.2) is 0 Å². The van der Waals surface area contributed by atoms with Crippen LogP contribution in [0.1, 0.15) is 28.4 Å². The Morgan fingerprint density at radius 2 is 1.88 bits per heavy atom. The Morgan fingerprint density at radius 1 is 1.06 bits per heavy atom. The standard InChI is InChI=1S/C27H25N3O2/c1-3-32-25-7-5-4-6-23(25)29-27(31)19-10-12-22(13-11-19)30-15-14-21-17-20-9-8-18(2)16-24(20)28-26(21)30/h4-13,16-17H,3,14-15H2,1-2H3,(H,29,31). The quantitative estimate of drug-likeness (QED) is 0.435. The van der Waals surface area contributed by atoms with Gasteiger partial charge in [-0.1, -0.05) is 24.3 Å². The molecule has 0 unspecified atom stereocenters. The fourth-order valence-corrected chi connectivity index (χ4v) is 4.16. The molecule has 0 bridgehead atoms. The molecule has 0 saturated carbocycles. The van der Waals surface area contributed by atoms with E-state index in [0.29, 0.717) is 23.6 Å². The van der Waals surface area contributed by atoms with Crippen LogP contribution in [-0.2, 0) is 6.42 Å². The lowest BCUT2D eigenvalue weighted by Gasteiger charge is -2.19. The lowest BCUT2D eigenvalue weighted by atomic mass is 10.1. The van der Waals surface area contributed by atoms with Crippen molar-refractivity contribution in [2.75, 3.05) is 23.4 Å². The number of rotatable bonds is 5. The fraction of sp³-hybridized carbons (Fsp3) is 0.185. The average Bonchev–Trinajstić information content (AvgIpc) is 3.22. The van der Waals surface area contributed by atoms with Crippen molar-refractivity contribution in [2.45, 2.75) is 20.3 Å². The van der Waals surface area contributed by atoms with Crippen molar-refractivity contribution in [2.24, 2.45) is 0 Å². The number of aromatic nitrogens is 1. The van der Waals surface area contributed by atoms with Gasteiger partial charge in [0.25, 0.3) is 5.91 Å². The summed E-state index contributed by atoms with van der Waals surface area (Å²) in [7, 11) is 0. The van der Waals surface area contributed by atoms with Crippen molar-refractivity contribution < 1.29 is 9.53 Å². The molecule has 32 heavy (non-hydrogen) atoms. The van der Waals surface area contributed by atoms with E-state index in [4.69, 9.17) is 9.72 Å². The maximum absolute atomic E-state index is 12.8. The predicted molar refractivity (Wildman–Crippen MR) is 129 cm³/mol. The number of hydrogen-bond acceptors (Lipinski definition) is 4. The molecule has 0 fully saturated rings. The zero-order valence-corrected chi connectivity index (χ0v) is 18.3. The smallest absolute Gasteiger partial charge is 0.255 e. The number of fused-ring (bicyclic) bond motifs is 2. The van der Waals surface area contributed by atoms with E-state index >= 15 is 0 Å². The molecular formula is C27H25N3O2. The highest BCUT2D eigenvalue weighted by Crippen LogP contribution is 2.35. The van der Waals surface area contributed by atoms with Crippen LogP contribution in [0.15, 0.2) is 72.8 Å². The minimum absolute atomic E-state index is 0.162. The molecule has 1 N–H and O–H groups in total. The first kappa shape index (κ1) is 20.1. The van der Waals surface area contributed by atoms with E-state index < -0.39 is 0 Å². The monoisotopic (exact) mass is 423 g/mol. The van der Waals surface area contributed by atoms with Gasteiger partial charge in [-0.2, -0.15) is 0 Å². The van der Waals surface area contributed by atoms with Crippen LogP contribution in [0.2, 0.25) is 0 Å². The number of aryl methyl sites for hydroxylation is 1. The number of amides is 1. The molecule has 3 aromatic carbocycles. The van der Waals surface area contributed by atoms with E-state index in [9.17, 15) is 4.79 Å².